The van der Waals surface area contributed by atoms with E-state index in [0.29, 0.717) is 12.5 Å². The Hall–Kier alpha value is -0.890. The van der Waals surface area contributed by atoms with Crippen LogP contribution >= 0.6 is 0 Å². The largest absolute Gasteiger partial charge is 0.330 e. The summed E-state index contributed by atoms with van der Waals surface area (Å²) < 4.78 is 12.5. The van der Waals surface area contributed by atoms with Crippen LogP contribution in [0.3, 0.4) is 0 Å². The van der Waals surface area contributed by atoms with E-state index in [1.165, 1.54) is 12.1 Å². The number of benzene rings is 1. The molecule has 1 nitrogen and oxygen atoms in total. The smallest absolute Gasteiger partial charge is 0.123 e. The van der Waals surface area contributed by atoms with Gasteiger partial charge in [-0.2, -0.15) is 0 Å². The van der Waals surface area contributed by atoms with Crippen LogP contribution < -0.4 is 5.73 Å². The lowest BCUT2D eigenvalue weighted by molar-refractivity contribution is 0.623. The predicted molar refractivity (Wildman–Crippen MR) is 48.5 cm³/mol. The Balaban J connectivity index is 2.68. The fraction of sp³-hybridized carbons (Fsp3) is 0.400. The highest BCUT2D eigenvalue weighted by Gasteiger charge is 2.03. The Morgan fingerprint density at radius 1 is 1.33 bits per heavy atom. The maximum absolute atomic E-state index is 12.5. The molecule has 0 fully saturated rings. The zero-order valence-electron chi connectivity index (χ0n) is 7.26. The molecule has 0 aliphatic rings. The zero-order chi connectivity index (χ0) is 8.97. The molecule has 12 heavy (non-hydrogen) atoms. The van der Waals surface area contributed by atoms with Gasteiger partial charge in [-0.15, -0.1) is 0 Å². The molecule has 0 spiro atoms. The molecule has 1 aromatic rings. The fourth-order valence-corrected chi connectivity index (χ4v) is 1.21. The third-order valence-corrected chi connectivity index (χ3v) is 2.04. The quantitative estimate of drug-likeness (QED) is 0.734. The van der Waals surface area contributed by atoms with Gasteiger partial charge in [-0.3, -0.25) is 0 Å². The lowest BCUT2D eigenvalue weighted by Crippen LogP contribution is -2.04. The van der Waals surface area contributed by atoms with Crippen molar-refractivity contribution in [3.05, 3.63) is 35.6 Å². The Morgan fingerprint density at radius 2 is 1.92 bits per heavy atom. The minimum atomic E-state index is -0.182. The molecule has 0 radical (unpaired) electrons. The standard InChI is InChI=1S/C10H14FN/c1-8(6-7-12)9-2-4-10(11)5-3-9/h2-5,8H,6-7,12H2,1H3. The van der Waals surface area contributed by atoms with Gasteiger partial charge in [0.25, 0.3) is 0 Å². The second-order valence-corrected chi connectivity index (χ2v) is 3.03. The molecular weight excluding hydrogens is 153 g/mol. The van der Waals surface area contributed by atoms with Crippen molar-refractivity contribution in [2.24, 2.45) is 5.73 Å². The van der Waals surface area contributed by atoms with Gasteiger partial charge in [0.05, 0.1) is 0 Å². The van der Waals surface area contributed by atoms with E-state index in [2.05, 4.69) is 6.92 Å². The van der Waals surface area contributed by atoms with Crippen molar-refractivity contribution >= 4 is 0 Å². The van der Waals surface area contributed by atoms with Gasteiger partial charge in [0, 0.05) is 0 Å². The van der Waals surface area contributed by atoms with Gasteiger partial charge in [-0.05, 0) is 36.6 Å². The molecule has 1 unspecified atom stereocenters. The highest BCUT2D eigenvalue weighted by Crippen LogP contribution is 2.17. The van der Waals surface area contributed by atoms with Gasteiger partial charge < -0.3 is 5.73 Å². The molecule has 0 aromatic heterocycles. The molecule has 0 bridgehead atoms. The summed E-state index contributed by atoms with van der Waals surface area (Å²) in [5.41, 5.74) is 6.58. The van der Waals surface area contributed by atoms with Gasteiger partial charge in [0.1, 0.15) is 5.82 Å². The van der Waals surface area contributed by atoms with E-state index in [0.717, 1.165) is 12.0 Å². The number of nitrogens with two attached hydrogens (primary N) is 1. The van der Waals surface area contributed by atoms with Crippen LogP contribution in [0.5, 0.6) is 0 Å². The van der Waals surface area contributed by atoms with Gasteiger partial charge in [-0.1, -0.05) is 19.1 Å². The van der Waals surface area contributed by atoms with Crippen LogP contribution in [0.1, 0.15) is 24.8 Å². The van der Waals surface area contributed by atoms with Gasteiger partial charge in [-0.25, -0.2) is 4.39 Å². The topological polar surface area (TPSA) is 26.0 Å². The van der Waals surface area contributed by atoms with Crippen molar-refractivity contribution in [3.8, 4) is 0 Å². The molecule has 0 heterocycles. The van der Waals surface area contributed by atoms with Crippen molar-refractivity contribution in [1.82, 2.24) is 0 Å². The number of hydrogen-bond donors (Lipinski definition) is 1. The minimum absolute atomic E-state index is 0.182. The molecule has 0 saturated heterocycles. The van der Waals surface area contributed by atoms with Crippen LogP contribution in [0, 0.1) is 5.82 Å². The molecule has 0 aliphatic carbocycles. The second kappa shape index (κ2) is 4.21. The van der Waals surface area contributed by atoms with Crippen molar-refractivity contribution in [1.29, 1.82) is 0 Å². The Bertz CT molecular complexity index is 230. The van der Waals surface area contributed by atoms with Crippen LogP contribution in [-0.2, 0) is 0 Å². The summed E-state index contributed by atoms with van der Waals surface area (Å²) in [5, 5.41) is 0. The molecular formula is C10H14FN. The highest BCUT2D eigenvalue weighted by atomic mass is 19.1. The number of hydrogen-bond acceptors (Lipinski definition) is 1. The maximum atomic E-state index is 12.5. The van der Waals surface area contributed by atoms with Crippen molar-refractivity contribution < 1.29 is 4.39 Å². The van der Waals surface area contributed by atoms with E-state index in [-0.39, 0.29) is 5.82 Å². The average Bonchev–Trinajstić information content (AvgIpc) is 2.06. The monoisotopic (exact) mass is 167 g/mol. The van der Waals surface area contributed by atoms with Crippen LogP contribution in [0.25, 0.3) is 0 Å². The SMILES string of the molecule is CC(CCN)c1ccc(F)cc1. The molecule has 1 aromatic carbocycles. The van der Waals surface area contributed by atoms with Crippen LogP contribution in [-0.4, -0.2) is 6.54 Å². The van der Waals surface area contributed by atoms with E-state index in [9.17, 15) is 4.39 Å². The normalized spacial score (nSPS) is 12.9. The highest BCUT2D eigenvalue weighted by molar-refractivity contribution is 5.19. The van der Waals surface area contributed by atoms with E-state index in [4.69, 9.17) is 5.73 Å². The fourth-order valence-electron chi connectivity index (χ4n) is 1.21. The molecule has 2 heteroatoms. The molecule has 66 valence electrons. The van der Waals surface area contributed by atoms with E-state index >= 15 is 0 Å². The van der Waals surface area contributed by atoms with Gasteiger partial charge in [0.15, 0.2) is 0 Å². The lowest BCUT2D eigenvalue weighted by atomic mass is 9.98. The third-order valence-electron chi connectivity index (χ3n) is 2.04. The van der Waals surface area contributed by atoms with Crippen LogP contribution in [0.2, 0.25) is 0 Å². The van der Waals surface area contributed by atoms with Crippen LogP contribution in [0.15, 0.2) is 24.3 Å². The minimum Gasteiger partial charge on any atom is -0.330 e. The lowest BCUT2D eigenvalue weighted by Gasteiger charge is -2.09. The Kier molecular flexibility index (Phi) is 3.23. The average molecular weight is 167 g/mol. The molecule has 2 N–H and O–H groups in total. The van der Waals surface area contributed by atoms with E-state index in [1.54, 1.807) is 0 Å². The first-order valence-corrected chi connectivity index (χ1v) is 4.19. The first kappa shape index (κ1) is 9.20. The first-order chi connectivity index (χ1) is 5.74. The number of halogens is 1. The van der Waals surface area contributed by atoms with Crippen molar-refractivity contribution in [2.75, 3.05) is 6.54 Å². The molecule has 0 amide bonds. The molecule has 1 rings (SSSR count). The zero-order valence-corrected chi connectivity index (χ0v) is 7.26. The summed E-state index contributed by atoms with van der Waals surface area (Å²) in [6, 6.07) is 6.61. The third kappa shape index (κ3) is 2.31. The summed E-state index contributed by atoms with van der Waals surface area (Å²) in [6.45, 7) is 2.78. The molecule has 0 aliphatic heterocycles. The number of rotatable bonds is 3. The summed E-state index contributed by atoms with van der Waals surface area (Å²) in [4.78, 5) is 0. The predicted octanol–water partition coefficient (Wildman–Crippen LogP) is 2.28. The Labute approximate surface area is 72.4 Å². The molecule has 0 saturated carbocycles. The first-order valence-electron chi connectivity index (χ1n) is 4.19. The summed E-state index contributed by atoms with van der Waals surface area (Å²) >= 11 is 0. The van der Waals surface area contributed by atoms with Crippen molar-refractivity contribution in [3.63, 3.8) is 0 Å². The summed E-state index contributed by atoms with van der Waals surface area (Å²) in [6.07, 6.45) is 0.950. The van der Waals surface area contributed by atoms with Gasteiger partial charge >= 0.3 is 0 Å². The van der Waals surface area contributed by atoms with Crippen molar-refractivity contribution in [2.45, 2.75) is 19.3 Å². The second-order valence-electron chi connectivity index (χ2n) is 3.03. The maximum Gasteiger partial charge on any atom is 0.123 e. The van der Waals surface area contributed by atoms with E-state index in [1.807, 2.05) is 12.1 Å². The Morgan fingerprint density at radius 3 is 2.42 bits per heavy atom. The van der Waals surface area contributed by atoms with Gasteiger partial charge in [0.2, 0.25) is 0 Å². The molecule has 1 atom stereocenters. The summed E-state index contributed by atoms with van der Waals surface area (Å²) in [5.74, 6) is 0.245. The summed E-state index contributed by atoms with van der Waals surface area (Å²) in [7, 11) is 0. The van der Waals surface area contributed by atoms with E-state index < -0.39 is 0 Å². The van der Waals surface area contributed by atoms with Crippen LogP contribution in [0.4, 0.5) is 4.39 Å².